The molecule has 1 N–H and O–H groups in total. The highest BCUT2D eigenvalue weighted by atomic mass is 16.3. The standard InChI is InChI=1S/C20H20N2O2/c23-17-14-19(24-18-9-5-4-8-16(17)18)20(15-6-2-1-3-7-15)22-12-10-21-11-13-22/h1-9,14,20-21H,10-13H2. The summed E-state index contributed by atoms with van der Waals surface area (Å²) in [6.07, 6.45) is 0. The minimum atomic E-state index is -0.0365. The van der Waals surface area contributed by atoms with Gasteiger partial charge in [0.05, 0.1) is 11.4 Å². The van der Waals surface area contributed by atoms with Gasteiger partial charge in [0.1, 0.15) is 11.3 Å². The Kier molecular flexibility index (Phi) is 4.15. The summed E-state index contributed by atoms with van der Waals surface area (Å²) in [5.74, 6) is 0.715. The van der Waals surface area contributed by atoms with E-state index in [0.29, 0.717) is 16.7 Å². The molecule has 0 amide bonds. The third kappa shape index (κ3) is 2.86. The van der Waals surface area contributed by atoms with Gasteiger partial charge in [-0.1, -0.05) is 42.5 Å². The number of para-hydroxylation sites is 1. The second kappa shape index (κ2) is 6.59. The summed E-state index contributed by atoms with van der Waals surface area (Å²) in [4.78, 5) is 14.9. The average molecular weight is 320 g/mol. The number of nitrogens with one attached hydrogen (secondary N) is 1. The molecule has 2 aromatic carbocycles. The lowest BCUT2D eigenvalue weighted by Gasteiger charge is -2.34. The molecule has 3 aromatic rings. The van der Waals surface area contributed by atoms with Gasteiger partial charge in [0.25, 0.3) is 0 Å². The van der Waals surface area contributed by atoms with Crippen LogP contribution in [0.15, 0.2) is 69.9 Å². The van der Waals surface area contributed by atoms with Crippen LogP contribution >= 0.6 is 0 Å². The Bertz CT molecular complexity index is 883. The van der Waals surface area contributed by atoms with Gasteiger partial charge in [-0.3, -0.25) is 9.69 Å². The zero-order chi connectivity index (χ0) is 16.4. The summed E-state index contributed by atoms with van der Waals surface area (Å²) in [7, 11) is 0. The molecule has 122 valence electrons. The van der Waals surface area contributed by atoms with Gasteiger partial charge in [0, 0.05) is 32.2 Å². The van der Waals surface area contributed by atoms with Gasteiger partial charge in [-0.25, -0.2) is 0 Å². The number of piperazine rings is 1. The lowest BCUT2D eigenvalue weighted by atomic mass is 10.0. The first-order valence-corrected chi connectivity index (χ1v) is 8.35. The van der Waals surface area contributed by atoms with Crippen LogP contribution < -0.4 is 10.7 Å². The van der Waals surface area contributed by atoms with Crippen LogP contribution in [0.4, 0.5) is 0 Å². The lowest BCUT2D eigenvalue weighted by molar-refractivity contribution is 0.180. The number of nitrogens with zero attached hydrogens (tertiary/aromatic N) is 1. The van der Waals surface area contributed by atoms with Crippen LogP contribution in [0.3, 0.4) is 0 Å². The highest BCUT2D eigenvalue weighted by Crippen LogP contribution is 2.29. The van der Waals surface area contributed by atoms with E-state index >= 15 is 0 Å². The SMILES string of the molecule is O=c1cc(C(c2ccccc2)N2CCNCC2)oc2ccccc12. The molecule has 0 aliphatic carbocycles. The monoisotopic (exact) mass is 320 g/mol. The minimum Gasteiger partial charge on any atom is -0.459 e. The first-order valence-electron chi connectivity index (χ1n) is 8.35. The van der Waals surface area contributed by atoms with Crippen molar-refractivity contribution in [1.29, 1.82) is 0 Å². The molecule has 1 unspecified atom stereocenters. The van der Waals surface area contributed by atoms with Gasteiger partial charge >= 0.3 is 0 Å². The van der Waals surface area contributed by atoms with Gasteiger partial charge < -0.3 is 9.73 Å². The van der Waals surface area contributed by atoms with Crippen molar-refractivity contribution in [1.82, 2.24) is 10.2 Å². The molecule has 0 bridgehead atoms. The average Bonchev–Trinajstić information content (AvgIpc) is 2.64. The number of benzene rings is 2. The second-order valence-corrected chi connectivity index (χ2v) is 6.11. The molecule has 1 fully saturated rings. The normalized spacial score (nSPS) is 17.0. The zero-order valence-corrected chi connectivity index (χ0v) is 13.4. The minimum absolute atomic E-state index is 0.0166. The summed E-state index contributed by atoms with van der Waals surface area (Å²) in [5.41, 5.74) is 1.82. The molecule has 1 aliphatic heterocycles. The van der Waals surface area contributed by atoms with Crippen LogP contribution in [0.2, 0.25) is 0 Å². The number of hydrogen-bond donors (Lipinski definition) is 1. The Morgan fingerprint density at radius 3 is 2.46 bits per heavy atom. The number of rotatable bonds is 3. The van der Waals surface area contributed by atoms with Crippen molar-refractivity contribution >= 4 is 11.0 Å². The molecule has 0 spiro atoms. The van der Waals surface area contributed by atoms with E-state index in [1.54, 1.807) is 6.07 Å². The predicted octanol–water partition coefficient (Wildman–Crippen LogP) is 2.79. The molecule has 1 aromatic heterocycles. The smallest absolute Gasteiger partial charge is 0.193 e. The Labute approximate surface area is 140 Å². The van der Waals surface area contributed by atoms with Crippen LogP contribution in [0, 0.1) is 0 Å². The molecule has 1 atom stereocenters. The summed E-state index contributed by atoms with van der Waals surface area (Å²) >= 11 is 0. The maximum absolute atomic E-state index is 12.5. The van der Waals surface area contributed by atoms with Crippen molar-refractivity contribution in [3.63, 3.8) is 0 Å². The quantitative estimate of drug-likeness (QED) is 0.806. The van der Waals surface area contributed by atoms with E-state index in [9.17, 15) is 4.79 Å². The second-order valence-electron chi connectivity index (χ2n) is 6.11. The number of fused-ring (bicyclic) bond motifs is 1. The molecule has 24 heavy (non-hydrogen) atoms. The van der Waals surface area contributed by atoms with Crippen LogP contribution in [0.5, 0.6) is 0 Å². The fourth-order valence-corrected chi connectivity index (χ4v) is 3.39. The molecule has 1 aliphatic rings. The molecular weight excluding hydrogens is 300 g/mol. The fraction of sp³-hybridized carbons (Fsp3) is 0.250. The van der Waals surface area contributed by atoms with Crippen molar-refractivity contribution in [2.75, 3.05) is 26.2 Å². The van der Waals surface area contributed by atoms with Gasteiger partial charge in [0.2, 0.25) is 0 Å². The molecule has 4 rings (SSSR count). The van der Waals surface area contributed by atoms with E-state index in [1.807, 2.05) is 42.5 Å². The van der Waals surface area contributed by atoms with Crippen LogP contribution in [-0.4, -0.2) is 31.1 Å². The fourth-order valence-electron chi connectivity index (χ4n) is 3.39. The largest absolute Gasteiger partial charge is 0.459 e. The van der Waals surface area contributed by atoms with Crippen molar-refractivity contribution in [2.24, 2.45) is 0 Å². The van der Waals surface area contributed by atoms with Gasteiger partial charge in [-0.15, -0.1) is 0 Å². The van der Waals surface area contributed by atoms with E-state index < -0.39 is 0 Å². The maximum atomic E-state index is 12.5. The molecule has 0 saturated carbocycles. The van der Waals surface area contributed by atoms with Crippen LogP contribution in [-0.2, 0) is 0 Å². The predicted molar refractivity (Wildman–Crippen MR) is 95.2 cm³/mol. The van der Waals surface area contributed by atoms with Crippen molar-refractivity contribution < 1.29 is 4.42 Å². The van der Waals surface area contributed by atoms with E-state index in [0.717, 1.165) is 31.7 Å². The summed E-state index contributed by atoms with van der Waals surface area (Å²) < 4.78 is 6.15. The molecular formula is C20H20N2O2. The van der Waals surface area contributed by atoms with Crippen molar-refractivity contribution in [3.05, 3.63) is 82.2 Å². The Morgan fingerprint density at radius 1 is 0.958 bits per heavy atom. The van der Waals surface area contributed by atoms with Crippen molar-refractivity contribution in [3.8, 4) is 0 Å². The summed E-state index contributed by atoms with van der Waals surface area (Å²) in [6.45, 7) is 3.74. The van der Waals surface area contributed by atoms with Gasteiger partial charge in [-0.05, 0) is 17.7 Å². The Morgan fingerprint density at radius 2 is 1.67 bits per heavy atom. The topological polar surface area (TPSA) is 45.5 Å². The zero-order valence-electron chi connectivity index (χ0n) is 13.4. The van der Waals surface area contributed by atoms with Crippen LogP contribution in [0.1, 0.15) is 17.4 Å². The Balaban J connectivity index is 1.85. The van der Waals surface area contributed by atoms with E-state index in [-0.39, 0.29) is 11.5 Å². The molecule has 1 saturated heterocycles. The first-order chi connectivity index (χ1) is 11.8. The van der Waals surface area contributed by atoms with E-state index in [2.05, 4.69) is 22.3 Å². The maximum Gasteiger partial charge on any atom is 0.193 e. The van der Waals surface area contributed by atoms with Gasteiger partial charge in [-0.2, -0.15) is 0 Å². The molecule has 0 radical (unpaired) electrons. The molecule has 4 nitrogen and oxygen atoms in total. The van der Waals surface area contributed by atoms with Crippen LogP contribution in [0.25, 0.3) is 11.0 Å². The highest BCUT2D eigenvalue weighted by molar-refractivity contribution is 5.76. The van der Waals surface area contributed by atoms with Crippen molar-refractivity contribution in [2.45, 2.75) is 6.04 Å². The van der Waals surface area contributed by atoms with E-state index in [1.165, 1.54) is 0 Å². The highest BCUT2D eigenvalue weighted by Gasteiger charge is 2.26. The third-order valence-corrected chi connectivity index (χ3v) is 4.56. The summed E-state index contributed by atoms with van der Waals surface area (Å²) in [6, 6.07) is 19.3. The Hall–Kier alpha value is -2.43. The lowest BCUT2D eigenvalue weighted by Crippen LogP contribution is -2.45. The first kappa shape index (κ1) is 15.1. The van der Waals surface area contributed by atoms with Gasteiger partial charge in [0.15, 0.2) is 5.43 Å². The number of hydrogen-bond acceptors (Lipinski definition) is 4. The molecule has 2 heterocycles. The van der Waals surface area contributed by atoms with E-state index in [4.69, 9.17) is 4.42 Å². The molecule has 4 heteroatoms. The third-order valence-electron chi connectivity index (χ3n) is 4.56. The summed E-state index contributed by atoms with van der Waals surface area (Å²) in [5, 5.41) is 4.01.